The highest BCUT2D eigenvalue weighted by molar-refractivity contribution is 5.94. The van der Waals surface area contributed by atoms with Gasteiger partial charge in [0, 0.05) is 12.1 Å². The molecule has 3 aromatic rings. The molecule has 0 aliphatic heterocycles. The number of nitrogens with zero attached hydrogens (tertiary/aromatic N) is 1. The monoisotopic (exact) mass is 337 g/mol. The molecule has 1 atom stereocenters. The number of phenolic OH excluding ortho intramolecular Hbond substituents is 1. The molecule has 0 saturated carbocycles. The van der Waals surface area contributed by atoms with Crippen LogP contribution in [0.1, 0.15) is 27.8 Å². The van der Waals surface area contributed by atoms with Crippen LogP contribution in [-0.4, -0.2) is 27.6 Å². The van der Waals surface area contributed by atoms with Crippen LogP contribution in [0, 0.1) is 0 Å². The molecule has 2 aromatic carbocycles. The molecule has 0 spiro atoms. The number of hydrogen-bond acceptors (Lipinski definition) is 4. The van der Waals surface area contributed by atoms with E-state index in [1.54, 1.807) is 24.3 Å². The van der Waals surface area contributed by atoms with Gasteiger partial charge < -0.3 is 19.5 Å². The van der Waals surface area contributed by atoms with Crippen LogP contribution in [0.25, 0.3) is 0 Å². The summed E-state index contributed by atoms with van der Waals surface area (Å²) in [6.07, 6.45) is 0.553. The second-order valence-corrected chi connectivity index (χ2v) is 5.75. The molecule has 1 heterocycles. The van der Waals surface area contributed by atoms with Crippen LogP contribution in [0.15, 0.2) is 77.4 Å². The predicted octanol–water partition coefficient (Wildman–Crippen LogP) is 3.36. The number of phenols is 1. The van der Waals surface area contributed by atoms with E-state index in [4.69, 9.17) is 4.42 Å². The van der Waals surface area contributed by atoms with Crippen molar-refractivity contribution in [3.63, 3.8) is 0 Å². The van der Waals surface area contributed by atoms with Crippen LogP contribution in [0.4, 0.5) is 0 Å². The molecule has 1 amide bonds. The minimum absolute atomic E-state index is 0.0251. The number of carbonyl (C=O) groups is 1. The first-order chi connectivity index (χ1) is 12.1. The first-order valence-electron chi connectivity index (χ1n) is 7.97. The molecule has 25 heavy (non-hydrogen) atoms. The Morgan fingerprint density at radius 1 is 1.04 bits per heavy atom. The summed E-state index contributed by atoms with van der Waals surface area (Å²) >= 11 is 0. The average Bonchev–Trinajstić information content (AvgIpc) is 3.16. The van der Waals surface area contributed by atoms with Gasteiger partial charge in [-0.2, -0.15) is 0 Å². The van der Waals surface area contributed by atoms with Gasteiger partial charge >= 0.3 is 0 Å². The van der Waals surface area contributed by atoms with Crippen molar-refractivity contribution < 1.29 is 19.4 Å². The van der Waals surface area contributed by atoms with Gasteiger partial charge in [-0.05, 0) is 35.9 Å². The fraction of sp³-hybridized carbons (Fsp3) is 0.150. The Morgan fingerprint density at radius 2 is 1.84 bits per heavy atom. The molecule has 3 rings (SSSR count). The van der Waals surface area contributed by atoms with Crippen molar-refractivity contribution >= 4 is 5.91 Å². The first kappa shape index (κ1) is 16.8. The smallest absolute Gasteiger partial charge is 0.254 e. The van der Waals surface area contributed by atoms with E-state index in [-0.39, 0.29) is 18.2 Å². The maximum absolute atomic E-state index is 12.9. The molecule has 0 bridgehead atoms. The maximum atomic E-state index is 12.9. The van der Waals surface area contributed by atoms with Gasteiger partial charge in [-0.3, -0.25) is 4.79 Å². The van der Waals surface area contributed by atoms with E-state index in [1.165, 1.54) is 23.3 Å². The fourth-order valence-electron chi connectivity index (χ4n) is 2.62. The predicted molar refractivity (Wildman–Crippen MR) is 93.0 cm³/mol. The molecule has 1 unspecified atom stereocenters. The van der Waals surface area contributed by atoms with Crippen molar-refractivity contribution in [2.45, 2.75) is 12.6 Å². The quantitative estimate of drug-likeness (QED) is 0.723. The van der Waals surface area contributed by atoms with Gasteiger partial charge in [0.2, 0.25) is 0 Å². The van der Waals surface area contributed by atoms with Crippen LogP contribution < -0.4 is 0 Å². The summed E-state index contributed by atoms with van der Waals surface area (Å²) in [4.78, 5) is 14.4. The van der Waals surface area contributed by atoms with Crippen LogP contribution in [-0.2, 0) is 6.54 Å². The Hall–Kier alpha value is -3.05. The second kappa shape index (κ2) is 7.68. The number of amides is 1. The summed E-state index contributed by atoms with van der Waals surface area (Å²) in [5.74, 6) is 0.157. The summed E-state index contributed by atoms with van der Waals surface area (Å²) in [5.41, 5.74) is 1.31. The number of aliphatic hydroxyl groups excluding tert-OH is 1. The molecular weight excluding hydrogens is 318 g/mol. The van der Waals surface area contributed by atoms with Crippen LogP contribution >= 0.6 is 0 Å². The van der Waals surface area contributed by atoms with Crippen LogP contribution in [0.3, 0.4) is 0 Å². The van der Waals surface area contributed by atoms with Crippen molar-refractivity contribution in [3.8, 4) is 5.75 Å². The standard InChI is InChI=1S/C20H19NO4/c22-17-9-4-8-16(12-17)20(24)21(13-15-6-2-1-3-7-15)14-18(23)19-10-5-11-25-19/h1-12,18,22-23H,13-14H2. The lowest BCUT2D eigenvalue weighted by atomic mass is 10.1. The number of carbonyl (C=O) groups excluding carboxylic acids is 1. The number of aromatic hydroxyl groups is 1. The van der Waals surface area contributed by atoms with Crippen molar-refractivity contribution in [1.29, 1.82) is 0 Å². The zero-order valence-corrected chi connectivity index (χ0v) is 13.6. The Bertz CT molecular complexity index is 815. The third kappa shape index (κ3) is 4.28. The first-order valence-corrected chi connectivity index (χ1v) is 7.97. The van der Waals surface area contributed by atoms with Gasteiger partial charge in [0.1, 0.15) is 17.6 Å². The molecule has 128 valence electrons. The molecule has 0 fully saturated rings. The Balaban J connectivity index is 1.84. The van der Waals surface area contributed by atoms with E-state index in [0.717, 1.165) is 5.56 Å². The summed E-state index contributed by atoms with van der Waals surface area (Å²) in [6, 6.07) is 19.1. The lowest BCUT2D eigenvalue weighted by molar-refractivity contribution is 0.0563. The number of hydrogen-bond donors (Lipinski definition) is 2. The maximum Gasteiger partial charge on any atom is 0.254 e. The Kier molecular flexibility index (Phi) is 5.16. The number of furan rings is 1. The zero-order valence-electron chi connectivity index (χ0n) is 13.6. The molecule has 0 aliphatic rings. The lowest BCUT2D eigenvalue weighted by Gasteiger charge is -2.25. The van der Waals surface area contributed by atoms with Crippen LogP contribution in [0.5, 0.6) is 5.75 Å². The van der Waals surface area contributed by atoms with E-state index < -0.39 is 6.10 Å². The SMILES string of the molecule is O=C(c1cccc(O)c1)N(Cc1ccccc1)CC(O)c1ccco1. The highest BCUT2D eigenvalue weighted by Gasteiger charge is 2.22. The largest absolute Gasteiger partial charge is 0.508 e. The van der Waals surface area contributed by atoms with Gasteiger partial charge in [0.05, 0.1) is 12.8 Å². The normalized spacial score (nSPS) is 11.9. The summed E-state index contributed by atoms with van der Waals surface area (Å²) in [7, 11) is 0. The molecule has 5 heteroatoms. The molecule has 0 radical (unpaired) electrons. The van der Waals surface area contributed by atoms with Gasteiger partial charge in [-0.15, -0.1) is 0 Å². The third-order valence-electron chi connectivity index (χ3n) is 3.86. The number of aliphatic hydroxyl groups is 1. The topological polar surface area (TPSA) is 73.9 Å². The number of benzene rings is 2. The van der Waals surface area contributed by atoms with Crippen molar-refractivity contribution in [1.82, 2.24) is 4.90 Å². The van der Waals surface area contributed by atoms with Crippen molar-refractivity contribution in [3.05, 3.63) is 89.9 Å². The molecule has 0 aliphatic carbocycles. The summed E-state index contributed by atoms with van der Waals surface area (Å²) in [5, 5.41) is 20.0. The van der Waals surface area contributed by atoms with E-state index >= 15 is 0 Å². The second-order valence-electron chi connectivity index (χ2n) is 5.75. The summed E-state index contributed by atoms with van der Waals surface area (Å²) in [6.45, 7) is 0.421. The van der Waals surface area contributed by atoms with Gasteiger partial charge in [0.25, 0.3) is 5.91 Å². The molecule has 0 saturated heterocycles. The van der Waals surface area contributed by atoms with E-state index in [0.29, 0.717) is 17.9 Å². The van der Waals surface area contributed by atoms with Crippen LogP contribution in [0.2, 0.25) is 0 Å². The Morgan fingerprint density at radius 3 is 2.52 bits per heavy atom. The molecule has 2 N–H and O–H groups in total. The fourth-order valence-corrected chi connectivity index (χ4v) is 2.62. The Labute approximate surface area is 145 Å². The van der Waals surface area contributed by atoms with Gasteiger partial charge in [-0.25, -0.2) is 0 Å². The average molecular weight is 337 g/mol. The van der Waals surface area contributed by atoms with E-state index in [2.05, 4.69) is 0 Å². The third-order valence-corrected chi connectivity index (χ3v) is 3.86. The minimum Gasteiger partial charge on any atom is -0.508 e. The molecule has 1 aromatic heterocycles. The zero-order chi connectivity index (χ0) is 17.6. The molecule has 5 nitrogen and oxygen atoms in total. The van der Waals surface area contributed by atoms with E-state index in [1.807, 2.05) is 30.3 Å². The highest BCUT2D eigenvalue weighted by atomic mass is 16.4. The minimum atomic E-state index is -0.931. The van der Waals surface area contributed by atoms with Crippen molar-refractivity contribution in [2.24, 2.45) is 0 Å². The summed E-state index contributed by atoms with van der Waals surface area (Å²) < 4.78 is 5.22. The van der Waals surface area contributed by atoms with Gasteiger partial charge in [-0.1, -0.05) is 36.4 Å². The van der Waals surface area contributed by atoms with Gasteiger partial charge in [0.15, 0.2) is 0 Å². The highest BCUT2D eigenvalue weighted by Crippen LogP contribution is 2.20. The van der Waals surface area contributed by atoms with Crippen molar-refractivity contribution in [2.75, 3.05) is 6.54 Å². The molecular formula is C20H19NO4. The lowest BCUT2D eigenvalue weighted by Crippen LogP contribution is -2.34. The number of rotatable bonds is 6. The van der Waals surface area contributed by atoms with E-state index in [9.17, 15) is 15.0 Å².